The van der Waals surface area contributed by atoms with E-state index < -0.39 is 0 Å². The van der Waals surface area contributed by atoms with Crippen molar-refractivity contribution >= 4 is 17.1 Å². The minimum Gasteiger partial charge on any atom is -0.346 e. The quantitative estimate of drug-likeness (QED) is 0.777. The Hall–Kier alpha value is -2.08. The molecule has 2 rings (SSSR count). The van der Waals surface area contributed by atoms with Crippen molar-refractivity contribution in [2.75, 3.05) is 0 Å². The van der Waals surface area contributed by atoms with E-state index in [-0.39, 0.29) is 0 Å². The smallest absolute Gasteiger partial charge is 0.137 e. The number of nitrogens with zero attached hydrogens (tertiary/aromatic N) is 2. The molecule has 0 radical (unpaired) electrons. The van der Waals surface area contributed by atoms with Crippen molar-refractivity contribution < 1.29 is 0 Å². The summed E-state index contributed by atoms with van der Waals surface area (Å²) in [6.45, 7) is 0. The molecule has 0 aliphatic rings. The van der Waals surface area contributed by atoms with Gasteiger partial charge in [-0.25, -0.2) is 4.98 Å². The predicted octanol–water partition coefficient (Wildman–Crippen LogP) is 2.49. The fourth-order valence-electron chi connectivity index (χ4n) is 1.37. The molecule has 0 aliphatic heterocycles. The van der Waals surface area contributed by atoms with Gasteiger partial charge in [-0.3, -0.25) is 0 Å². The summed E-state index contributed by atoms with van der Waals surface area (Å²) in [5.41, 5.74) is 1.97. The van der Waals surface area contributed by atoms with E-state index in [9.17, 15) is 0 Å². The molecule has 0 saturated carbocycles. The molecular weight excluding hydrogens is 174 g/mol. The lowest BCUT2D eigenvalue weighted by molar-refractivity contribution is 1.32. The highest BCUT2D eigenvalue weighted by atomic mass is 14.8. The number of pyridine rings is 1. The van der Waals surface area contributed by atoms with Crippen molar-refractivity contribution in [3.63, 3.8) is 0 Å². The van der Waals surface area contributed by atoms with Crippen LogP contribution in [0.15, 0.2) is 30.6 Å². The Labute approximate surface area is 81.7 Å². The van der Waals surface area contributed by atoms with Crippen LogP contribution in [0, 0.1) is 11.3 Å². The first-order chi connectivity index (χ1) is 6.92. The zero-order valence-electron chi connectivity index (χ0n) is 7.57. The van der Waals surface area contributed by atoms with Crippen LogP contribution >= 0.6 is 0 Å². The number of hydrogen-bond donors (Lipinski definition) is 1. The van der Waals surface area contributed by atoms with Gasteiger partial charge in [0.25, 0.3) is 0 Å². The second-order valence-corrected chi connectivity index (χ2v) is 2.90. The number of allylic oxidation sites excluding steroid dienone is 1. The number of hydrogen-bond acceptors (Lipinski definition) is 2. The number of H-pyrrole nitrogens is 1. The maximum absolute atomic E-state index is 8.40. The summed E-state index contributed by atoms with van der Waals surface area (Å²) in [5.74, 6) is 0. The maximum atomic E-state index is 8.40. The standard InChI is InChI=1S/C11H9N3/c12-6-2-1-3-9-4-7-13-11-10(9)5-8-14-11/h1,3-5,7-8H,2H2,(H,13,14). The highest BCUT2D eigenvalue weighted by Crippen LogP contribution is 2.16. The van der Waals surface area contributed by atoms with E-state index >= 15 is 0 Å². The molecule has 2 heterocycles. The molecule has 0 bridgehead atoms. The fraction of sp³-hybridized carbons (Fsp3) is 0.0909. The third-order valence-electron chi connectivity index (χ3n) is 2.00. The summed E-state index contributed by atoms with van der Waals surface area (Å²) < 4.78 is 0. The van der Waals surface area contributed by atoms with Gasteiger partial charge in [-0.1, -0.05) is 12.2 Å². The molecule has 1 N–H and O–H groups in total. The monoisotopic (exact) mass is 183 g/mol. The van der Waals surface area contributed by atoms with Gasteiger partial charge in [-0.05, 0) is 17.7 Å². The van der Waals surface area contributed by atoms with Crippen molar-refractivity contribution in [3.05, 3.63) is 36.2 Å². The zero-order chi connectivity index (χ0) is 9.80. The second kappa shape index (κ2) is 3.75. The van der Waals surface area contributed by atoms with Crippen molar-refractivity contribution in [1.82, 2.24) is 9.97 Å². The van der Waals surface area contributed by atoms with E-state index in [4.69, 9.17) is 5.26 Å². The van der Waals surface area contributed by atoms with Crippen LogP contribution in [-0.2, 0) is 0 Å². The van der Waals surface area contributed by atoms with Gasteiger partial charge in [0.1, 0.15) is 5.65 Å². The first-order valence-electron chi connectivity index (χ1n) is 4.37. The van der Waals surface area contributed by atoms with Crippen molar-refractivity contribution in [3.8, 4) is 6.07 Å². The van der Waals surface area contributed by atoms with Gasteiger partial charge >= 0.3 is 0 Å². The average molecular weight is 183 g/mol. The Balaban J connectivity index is 2.42. The summed E-state index contributed by atoms with van der Waals surface area (Å²) in [4.78, 5) is 7.22. The van der Waals surface area contributed by atoms with Gasteiger partial charge in [-0.2, -0.15) is 5.26 Å². The molecule has 0 unspecified atom stereocenters. The third-order valence-corrected chi connectivity index (χ3v) is 2.00. The minimum atomic E-state index is 0.439. The van der Waals surface area contributed by atoms with E-state index in [0.29, 0.717) is 6.42 Å². The predicted molar refractivity (Wildman–Crippen MR) is 55.4 cm³/mol. The molecule has 0 atom stereocenters. The van der Waals surface area contributed by atoms with E-state index in [0.717, 1.165) is 16.6 Å². The van der Waals surface area contributed by atoms with Crippen LogP contribution < -0.4 is 0 Å². The van der Waals surface area contributed by atoms with Crippen LogP contribution in [0.5, 0.6) is 0 Å². The number of aromatic nitrogens is 2. The van der Waals surface area contributed by atoms with Crippen LogP contribution in [0.25, 0.3) is 17.1 Å². The molecule has 0 saturated heterocycles. The van der Waals surface area contributed by atoms with Gasteiger partial charge in [0.05, 0.1) is 12.5 Å². The van der Waals surface area contributed by atoms with E-state index in [2.05, 4.69) is 16.0 Å². The fourth-order valence-corrected chi connectivity index (χ4v) is 1.37. The van der Waals surface area contributed by atoms with E-state index in [1.165, 1.54) is 0 Å². The topological polar surface area (TPSA) is 52.5 Å². The Bertz CT molecular complexity index is 502. The van der Waals surface area contributed by atoms with Gasteiger partial charge < -0.3 is 4.98 Å². The number of nitriles is 1. The van der Waals surface area contributed by atoms with Crippen molar-refractivity contribution in [2.45, 2.75) is 6.42 Å². The highest BCUT2D eigenvalue weighted by Gasteiger charge is 1.98. The molecule has 3 heteroatoms. The highest BCUT2D eigenvalue weighted by molar-refractivity contribution is 5.85. The summed E-state index contributed by atoms with van der Waals surface area (Å²) in [5, 5.41) is 9.48. The van der Waals surface area contributed by atoms with Gasteiger partial charge in [-0.15, -0.1) is 0 Å². The number of nitrogens with one attached hydrogen (secondary N) is 1. The zero-order valence-corrected chi connectivity index (χ0v) is 7.57. The third kappa shape index (κ3) is 1.50. The molecule has 3 nitrogen and oxygen atoms in total. The van der Waals surface area contributed by atoms with Crippen molar-refractivity contribution in [2.24, 2.45) is 0 Å². The molecule has 0 spiro atoms. The van der Waals surface area contributed by atoms with Crippen LogP contribution in [0.3, 0.4) is 0 Å². The van der Waals surface area contributed by atoms with Crippen LogP contribution in [0.1, 0.15) is 12.0 Å². The van der Waals surface area contributed by atoms with Gasteiger partial charge in [0.2, 0.25) is 0 Å². The van der Waals surface area contributed by atoms with Crippen LogP contribution in [0.4, 0.5) is 0 Å². The lowest BCUT2D eigenvalue weighted by atomic mass is 10.1. The molecule has 0 aromatic carbocycles. The number of rotatable bonds is 2. The van der Waals surface area contributed by atoms with Crippen LogP contribution in [0.2, 0.25) is 0 Å². The second-order valence-electron chi connectivity index (χ2n) is 2.90. The number of aromatic amines is 1. The van der Waals surface area contributed by atoms with Crippen molar-refractivity contribution in [1.29, 1.82) is 5.26 Å². The molecule has 68 valence electrons. The Morgan fingerprint density at radius 1 is 1.50 bits per heavy atom. The molecular formula is C11H9N3. The van der Waals surface area contributed by atoms with E-state index in [1.54, 1.807) is 6.20 Å². The van der Waals surface area contributed by atoms with Gasteiger partial charge in [0, 0.05) is 17.8 Å². The first-order valence-corrected chi connectivity index (χ1v) is 4.37. The molecule has 2 aromatic rings. The minimum absolute atomic E-state index is 0.439. The lowest BCUT2D eigenvalue weighted by Gasteiger charge is -1.94. The Morgan fingerprint density at radius 3 is 3.29 bits per heavy atom. The largest absolute Gasteiger partial charge is 0.346 e. The van der Waals surface area contributed by atoms with E-state index in [1.807, 2.05) is 30.5 Å². The summed E-state index contributed by atoms with van der Waals surface area (Å²) in [6.07, 6.45) is 7.85. The Kier molecular flexibility index (Phi) is 2.28. The molecule has 0 amide bonds. The SMILES string of the molecule is N#CCC=Cc1ccnc2[nH]ccc12. The van der Waals surface area contributed by atoms with Gasteiger partial charge in [0.15, 0.2) is 0 Å². The molecule has 0 aliphatic carbocycles. The van der Waals surface area contributed by atoms with Crippen LogP contribution in [-0.4, -0.2) is 9.97 Å². The summed E-state index contributed by atoms with van der Waals surface area (Å²) in [6, 6.07) is 5.98. The normalized spacial score (nSPS) is 10.8. The lowest BCUT2D eigenvalue weighted by Crippen LogP contribution is -1.78. The Morgan fingerprint density at radius 2 is 2.43 bits per heavy atom. The first kappa shape index (κ1) is 8.52. The summed E-state index contributed by atoms with van der Waals surface area (Å²) in [7, 11) is 0. The molecule has 2 aromatic heterocycles. The molecule has 14 heavy (non-hydrogen) atoms. The average Bonchev–Trinajstić information content (AvgIpc) is 2.67. The summed E-state index contributed by atoms with van der Waals surface area (Å²) >= 11 is 0. The molecule has 0 fully saturated rings. The number of fused-ring (bicyclic) bond motifs is 1. The maximum Gasteiger partial charge on any atom is 0.137 e.